The van der Waals surface area contributed by atoms with Crippen molar-refractivity contribution in [2.75, 3.05) is 20.3 Å². The van der Waals surface area contributed by atoms with Crippen LogP contribution in [0.15, 0.2) is 30.3 Å². The molecule has 1 aromatic rings. The number of hydrogen-bond donors (Lipinski definition) is 2. The van der Waals surface area contributed by atoms with E-state index in [1.807, 2.05) is 13.8 Å². The van der Waals surface area contributed by atoms with Crippen LogP contribution in [0.2, 0.25) is 0 Å². The fraction of sp³-hybridized carbons (Fsp3) is 0.500. The second kappa shape index (κ2) is 10.5. The summed E-state index contributed by atoms with van der Waals surface area (Å²) in [5.41, 5.74) is 0.331. The summed E-state index contributed by atoms with van der Waals surface area (Å²) in [6.45, 7) is 4.35. The number of aliphatic hydroxyl groups is 1. The molecule has 5 nitrogen and oxygen atoms in total. The Hall–Kier alpha value is -1.43. The molecule has 2 atom stereocenters. The highest BCUT2D eigenvalue weighted by atomic mass is 16.5. The van der Waals surface area contributed by atoms with Crippen molar-refractivity contribution in [1.29, 1.82) is 0 Å². The Morgan fingerprint density at radius 2 is 1.79 bits per heavy atom. The first-order valence-corrected chi connectivity index (χ1v) is 6.04. The van der Waals surface area contributed by atoms with Gasteiger partial charge in [0.25, 0.3) is 0 Å². The topological polar surface area (TPSA) is 76.0 Å². The minimum absolute atomic E-state index is 0.0659. The number of carboxylic acids is 1. The van der Waals surface area contributed by atoms with Crippen LogP contribution in [0.25, 0.3) is 0 Å². The molecular weight excluding hydrogens is 248 g/mol. The van der Waals surface area contributed by atoms with Crippen molar-refractivity contribution in [2.24, 2.45) is 0 Å². The van der Waals surface area contributed by atoms with E-state index in [0.29, 0.717) is 12.2 Å². The van der Waals surface area contributed by atoms with Crippen molar-refractivity contribution in [1.82, 2.24) is 0 Å². The summed E-state index contributed by atoms with van der Waals surface area (Å²) in [4.78, 5) is 10.2. The number of rotatable bonds is 6. The molecule has 19 heavy (non-hydrogen) atoms. The van der Waals surface area contributed by atoms with Crippen LogP contribution in [0, 0.1) is 0 Å². The van der Waals surface area contributed by atoms with Gasteiger partial charge < -0.3 is 19.7 Å². The first-order valence-electron chi connectivity index (χ1n) is 6.04. The van der Waals surface area contributed by atoms with Crippen molar-refractivity contribution < 1.29 is 24.5 Å². The average molecular weight is 270 g/mol. The van der Waals surface area contributed by atoms with Gasteiger partial charge in [0.2, 0.25) is 0 Å². The van der Waals surface area contributed by atoms with E-state index in [4.69, 9.17) is 19.7 Å². The maximum absolute atomic E-state index is 10.2. The smallest absolute Gasteiger partial charge is 0.335 e. The fourth-order valence-corrected chi connectivity index (χ4v) is 1.00. The number of aromatic carboxylic acids is 1. The molecule has 0 aliphatic carbocycles. The second-order valence-electron chi connectivity index (χ2n) is 4.04. The number of ether oxygens (including phenoxy) is 2. The van der Waals surface area contributed by atoms with Crippen LogP contribution in [-0.2, 0) is 9.47 Å². The van der Waals surface area contributed by atoms with Gasteiger partial charge in [0.15, 0.2) is 0 Å². The molecule has 0 aliphatic rings. The Labute approximate surface area is 113 Å². The van der Waals surface area contributed by atoms with E-state index in [0.717, 1.165) is 0 Å². The van der Waals surface area contributed by atoms with Gasteiger partial charge in [0, 0.05) is 7.11 Å². The summed E-state index contributed by atoms with van der Waals surface area (Å²) >= 11 is 0. The minimum atomic E-state index is -0.879. The minimum Gasteiger partial charge on any atom is -0.478 e. The first kappa shape index (κ1) is 17.6. The molecular formula is C14H22O5. The van der Waals surface area contributed by atoms with Crippen molar-refractivity contribution in [2.45, 2.75) is 26.1 Å². The quantitative estimate of drug-likeness (QED) is 0.824. The lowest BCUT2D eigenvalue weighted by molar-refractivity contribution is -0.0313. The normalized spacial score (nSPS) is 13.1. The Kier molecular flexibility index (Phi) is 9.70. The third-order valence-corrected chi connectivity index (χ3v) is 2.30. The number of carbonyl (C=O) groups is 1. The van der Waals surface area contributed by atoms with E-state index in [2.05, 4.69) is 0 Å². The van der Waals surface area contributed by atoms with E-state index in [1.54, 1.807) is 37.4 Å². The molecule has 0 heterocycles. The van der Waals surface area contributed by atoms with Crippen molar-refractivity contribution in [3.05, 3.63) is 35.9 Å². The Bertz CT molecular complexity index is 329. The number of hydrogen-bond acceptors (Lipinski definition) is 4. The van der Waals surface area contributed by atoms with Gasteiger partial charge in [-0.2, -0.15) is 0 Å². The molecule has 0 radical (unpaired) electrons. The highest BCUT2D eigenvalue weighted by Crippen LogP contribution is 1.96. The van der Waals surface area contributed by atoms with Gasteiger partial charge in [0.05, 0.1) is 31.0 Å². The third-order valence-electron chi connectivity index (χ3n) is 2.30. The van der Waals surface area contributed by atoms with Gasteiger partial charge >= 0.3 is 5.97 Å². The van der Waals surface area contributed by atoms with Gasteiger partial charge in [-0.1, -0.05) is 18.2 Å². The lowest BCUT2D eigenvalue weighted by atomic mass is 10.2. The van der Waals surface area contributed by atoms with Crippen molar-refractivity contribution in [3.8, 4) is 0 Å². The van der Waals surface area contributed by atoms with Crippen molar-refractivity contribution in [3.63, 3.8) is 0 Å². The highest BCUT2D eigenvalue weighted by molar-refractivity contribution is 5.87. The second-order valence-corrected chi connectivity index (χ2v) is 4.04. The Balaban J connectivity index is 0.000000342. The summed E-state index contributed by atoms with van der Waals surface area (Å²) in [6, 6.07) is 8.30. The molecule has 1 aromatic carbocycles. The maximum atomic E-state index is 10.2. The summed E-state index contributed by atoms with van der Waals surface area (Å²) < 4.78 is 10.1. The average Bonchev–Trinajstić information content (AvgIpc) is 2.45. The van der Waals surface area contributed by atoms with E-state index < -0.39 is 5.97 Å². The van der Waals surface area contributed by atoms with Gasteiger partial charge in [-0.15, -0.1) is 0 Å². The number of methoxy groups -OCH3 is 1. The van der Waals surface area contributed by atoms with Crippen LogP contribution >= 0.6 is 0 Å². The summed E-state index contributed by atoms with van der Waals surface area (Å²) in [5.74, 6) is -0.879. The molecule has 2 N–H and O–H groups in total. The van der Waals surface area contributed by atoms with E-state index >= 15 is 0 Å². The molecule has 2 unspecified atom stereocenters. The van der Waals surface area contributed by atoms with E-state index in [9.17, 15) is 4.79 Å². The predicted octanol–water partition coefficient (Wildman–Crippen LogP) is 1.80. The Morgan fingerprint density at radius 1 is 1.21 bits per heavy atom. The van der Waals surface area contributed by atoms with Gasteiger partial charge in [-0.05, 0) is 26.0 Å². The standard InChI is InChI=1S/C7H16O3.C7H6O2/c1-6(4-8)10-5-7(2)9-3;8-7(9)6-4-2-1-3-5-6/h6-8H,4-5H2,1-3H3;1-5H,(H,8,9). The lowest BCUT2D eigenvalue weighted by Crippen LogP contribution is -2.21. The Morgan fingerprint density at radius 3 is 2.16 bits per heavy atom. The molecule has 0 saturated carbocycles. The fourth-order valence-electron chi connectivity index (χ4n) is 1.00. The van der Waals surface area contributed by atoms with Crippen LogP contribution in [0.5, 0.6) is 0 Å². The van der Waals surface area contributed by atoms with Crippen LogP contribution in [0.3, 0.4) is 0 Å². The summed E-state index contributed by atoms with van der Waals surface area (Å²) in [5, 5.41) is 16.9. The lowest BCUT2D eigenvalue weighted by Gasteiger charge is -2.13. The predicted molar refractivity (Wildman–Crippen MR) is 72.4 cm³/mol. The number of carboxylic acid groups (broad SMARTS) is 1. The molecule has 1 rings (SSSR count). The number of aliphatic hydroxyl groups excluding tert-OH is 1. The molecule has 0 aromatic heterocycles. The van der Waals surface area contributed by atoms with Gasteiger partial charge in [0.1, 0.15) is 0 Å². The molecule has 108 valence electrons. The molecule has 0 bridgehead atoms. The largest absolute Gasteiger partial charge is 0.478 e. The molecule has 5 heteroatoms. The molecule has 0 saturated heterocycles. The van der Waals surface area contributed by atoms with Crippen LogP contribution < -0.4 is 0 Å². The third kappa shape index (κ3) is 9.18. The van der Waals surface area contributed by atoms with E-state index in [-0.39, 0.29) is 18.8 Å². The number of benzene rings is 1. The van der Waals surface area contributed by atoms with Crippen LogP contribution in [0.4, 0.5) is 0 Å². The van der Waals surface area contributed by atoms with Crippen LogP contribution in [-0.4, -0.2) is 48.7 Å². The summed E-state index contributed by atoms with van der Waals surface area (Å²) in [6.07, 6.45) is 0.0200. The molecule has 0 aliphatic heterocycles. The zero-order valence-electron chi connectivity index (χ0n) is 11.6. The highest BCUT2D eigenvalue weighted by Gasteiger charge is 2.03. The monoisotopic (exact) mass is 270 g/mol. The van der Waals surface area contributed by atoms with Gasteiger partial charge in [-0.3, -0.25) is 0 Å². The molecule has 0 fully saturated rings. The van der Waals surface area contributed by atoms with Crippen molar-refractivity contribution >= 4 is 5.97 Å². The molecule has 0 amide bonds. The first-order chi connectivity index (χ1) is 9.01. The zero-order valence-corrected chi connectivity index (χ0v) is 11.6. The van der Waals surface area contributed by atoms with E-state index in [1.165, 1.54) is 0 Å². The molecule has 0 spiro atoms. The van der Waals surface area contributed by atoms with Gasteiger partial charge in [-0.25, -0.2) is 4.79 Å². The zero-order chi connectivity index (χ0) is 14.7. The maximum Gasteiger partial charge on any atom is 0.335 e. The van der Waals surface area contributed by atoms with Crippen LogP contribution in [0.1, 0.15) is 24.2 Å². The SMILES string of the molecule is COC(C)COC(C)CO.O=C(O)c1ccccc1. The summed E-state index contributed by atoms with van der Waals surface area (Å²) in [7, 11) is 1.64.